The molecule has 7 nitrogen and oxygen atoms in total. The SMILES string of the molecule is CCc1ccc(S[C@]2(C(=O)NCCCN3CCOCC3)CC(=O)N(Cc3ccc(Br)cc3)[C@@H]2c2c[nH]c3cc(Cl)ccc23)cc1. The molecule has 6 rings (SSSR count). The van der Waals surface area contributed by atoms with Crippen LogP contribution < -0.4 is 5.32 Å². The first kappa shape index (κ1) is 32.1. The van der Waals surface area contributed by atoms with E-state index in [9.17, 15) is 9.59 Å². The summed E-state index contributed by atoms with van der Waals surface area (Å²) >= 11 is 11.4. The molecule has 3 aromatic carbocycles. The highest BCUT2D eigenvalue weighted by Gasteiger charge is 2.58. The first-order chi connectivity index (χ1) is 21.9. The zero-order valence-electron chi connectivity index (χ0n) is 25.4. The van der Waals surface area contributed by atoms with Crippen molar-refractivity contribution >= 4 is 62.0 Å². The van der Waals surface area contributed by atoms with Crippen LogP contribution in [0.4, 0.5) is 0 Å². The van der Waals surface area contributed by atoms with Gasteiger partial charge in [-0.15, -0.1) is 11.8 Å². The van der Waals surface area contributed by atoms with Crippen LogP contribution in [0.1, 0.15) is 42.5 Å². The fourth-order valence-electron chi connectivity index (χ4n) is 6.38. The molecule has 0 aliphatic carbocycles. The molecule has 236 valence electrons. The van der Waals surface area contributed by atoms with Gasteiger partial charge in [0.25, 0.3) is 0 Å². The van der Waals surface area contributed by atoms with Crippen molar-refractivity contribution in [2.24, 2.45) is 0 Å². The van der Waals surface area contributed by atoms with Crippen LogP contribution >= 0.6 is 39.3 Å². The molecular formula is C35H38BrClN4O3S. The molecule has 4 aromatic rings. The standard InChI is InChI=1S/C35H38BrClN4O3S/c1-2-24-6-11-28(12-7-24)45-35(34(43)38-14-3-15-40-16-18-44-19-17-40)21-32(42)41(23-25-4-8-26(36)9-5-25)33(35)30-22-39-31-20-27(37)10-13-29(30)31/h4-13,20,22,33,39H,2-3,14-19,21,23H2,1H3,(H,38,43)/t33-,35-/m1/s1. The van der Waals surface area contributed by atoms with Gasteiger partial charge in [0, 0.05) is 63.2 Å². The van der Waals surface area contributed by atoms with Gasteiger partial charge in [-0.05, 0) is 66.9 Å². The molecule has 2 N–H and O–H groups in total. The van der Waals surface area contributed by atoms with Gasteiger partial charge in [0.2, 0.25) is 11.8 Å². The molecule has 2 amide bonds. The Bertz CT molecular complexity index is 1640. The number of morpholine rings is 1. The topological polar surface area (TPSA) is 77.7 Å². The van der Waals surface area contributed by atoms with Crippen molar-refractivity contribution < 1.29 is 14.3 Å². The number of hydrogen-bond donors (Lipinski definition) is 2. The van der Waals surface area contributed by atoms with Crippen molar-refractivity contribution in [3.05, 3.63) is 99.1 Å². The molecule has 0 unspecified atom stereocenters. The van der Waals surface area contributed by atoms with Crippen LogP contribution in [0.15, 0.2) is 82.3 Å². The summed E-state index contributed by atoms with van der Waals surface area (Å²) < 4.78 is 5.36. The van der Waals surface area contributed by atoms with Gasteiger partial charge in [0.05, 0.1) is 25.7 Å². The van der Waals surface area contributed by atoms with Crippen molar-refractivity contribution in [1.82, 2.24) is 20.1 Å². The van der Waals surface area contributed by atoms with Gasteiger partial charge in [0.1, 0.15) is 4.75 Å². The molecule has 2 fully saturated rings. The molecule has 0 radical (unpaired) electrons. The molecule has 0 saturated carbocycles. The van der Waals surface area contributed by atoms with Gasteiger partial charge in [0.15, 0.2) is 0 Å². The van der Waals surface area contributed by atoms with Crippen LogP contribution in [-0.2, 0) is 27.3 Å². The van der Waals surface area contributed by atoms with Crippen LogP contribution in [0.2, 0.25) is 5.02 Å². The largest absolute Gasteiger partial charge is 0.379 e. The maximum atomic E-state index is 14.6. The normalized spacial score (nSPS) is 20.6. The Morgan fingerprint density at radius 2 is 1.82 bits per heavy atom. The Morgan fingerprint density at radius 1 is 1.09 bits per heavy atom. The zero-order valence-corrected chi connectivity index (χ0v) is 28.5. The highest BCUT2D eigenvalue weighted by Crippen LogP contribution is 2.54. The van der Waals surface area contributed by atoms with Crippen LogP contribution in [0.5, 0.6) is 0 Å². The van der Waals surface area contributed by atoms with E-state index < -0.39 is 10.8 Å². The van der Waals surface area contributed by atoms with Crippen LogP contribution in [0.3, 0.4) is 0 Å². The number of ether oxygens (including phenoxy) is 1. The van der Waals surface area contributed by atoms with E-state index in [2.05, 4.69) is 62.3 Å². The number of aromatic amines is 1. The molecular weight excluding hydrogens is 672 g/mol. The molecule has 0 spiro atoms. The molecule has 2 atom stereocenters. The van der Waals surface area contributed by atoms with Gasteiger partial charge in [-0.25, -0.2) is 0 Å². The average molecular weight is 710 g/mol. The Labute approximate surface area is 282 Å². The molecule has 2 saturated heterocycles. The van der Waals surface area contributed by atoms with Gasteiger partial charge in [-0.2, -0.15) is 0 Å². The number of benzene rings is 3. The fourth-order valence-corrected chi connectivity index (χ4v) is 8.23. The number of aromatic nitrogens is 1. The van der Waals surface area contributed by atoms with Crippen LogP contribution in [0, 0.1) is 0 Å². The highest BCUT2D eigenvalue weighted by atomic mass is 79.9. The molecule has 10 heteroatoms. The van der Waals surface area contributed by atoms with Crippen molar-refractivity contribution in [2.75, 3.05) is 39.4 Å². The van der Waals surface area contributed by atoms with Crippen molar-refractivity contribution in [3.63, 3.8) is 0 Å². The number of nitrogens with one attached hydrogen (secondary N) is 2. The molecule has 45 heavy (non-hydrogen) atoms. The van der Waals surface area contributed by atoms with E-state index in [1.54, 1.807) is 0 Å². The van der Waals surface area contributed by atoms with Gasteiger partial charge < -0.3 is 19.9 Å². The summed E-state index contributed by atoms with van der Waals surface area (Å²) in [5, 5.41) is 4.85. The number of nitrogens with zero attached hydrogens (tertiary/aromatic N) is 2. The molecule has 2 aliphatic rings. The fraction of sp³-hybridized carbons (Fsp3) is 0.371. The second-order valence-electron chi connectivity index (χ2n) is 11.7. The summed E-state index contributed by atoms with van der Waals surface area (Å²) in [4.78, 5) is 37.4. The quantitative estimate of drug-likeness (QED) is 0.164. The summed E-state index contributed by atoms with van der Waals surface area (Å²) in [6.07, 6.45) is 3.79. The van der Waals surface area contributed by atoms with Gasteiger partial charge >= 0.3 is 0 Å². The van der Waals surface area contributed by atoms with Crippen molar-refractivity contribution in [3.8, 4) is 0 Å². The van der Waals surface area contributed by atoms with Crippen molar-refractivity contribution in [1.29, 1.82) is 0 Å². The third-order valence-electron chi connectivity index (χ3n) is 8.78. The monoisotopic (exact) mass is 708 g/mol. The van der Waals surface area contributed by atoms with Gasteiger partial charge in [-0.3, -0.25) is 14.5 Å². The Kier molecular flexibility index (Phi) is 10.2. The Hall–Kier alpha value is -2.82. The summed E-state index contributed by atoms with van der Waals surface area (Å²) in [7, 11) is 0. The number of likely N-dealkylation sites (tertiary alicyclic amines) is 1. The lowest BCUT2D eigenvalue weighted by molar-refractivity contribution is -0.129. The minimum absolute atomic E-state index is 0.0487. The lowest BCUT2D eigenvalue weighted by atomic mass is 9.91. The molecule has 1 aromatic heterocycles. The number of amides is 2. The number of carbonyl (C=O) groups is 2. The van der Waals surface area contributed by atoms with Crippen molar-refractivity contribution in [2.45, 2.75) is 48.4 Å². The summed E-state index contributed by atoms with van der Waals surface area (Å²) in [5.74, 6) is -0.165. The number of thioether (sulfide) groups is 1. The number of H-pyrrole nitrogens is 1. The van der Waals surface area contributed by atoms with E-state index in [0.29, 0.717) is 18.1 Å². The van der Waals surface area contributed by atoms with E-state index in [1.165, 1.54) is 17.3 Å². The van der Waals surface area contributed by atoms with E-state index in [1.807, 2.05) is 53.6 Å². The summed E-state index contributed by atoms with van der Waals surface area (Å²) in [6, 6.07) is 21.6. The predicted molar refractivity (Wildman–Crippen MR) is 185 cm³/mol. The number of hydrogen-bond acceptors (Lipinski definition) is 5. The number of halogens is 2. The summed E-state index contributed by atoms with van der Waals surface area (Å²) in [5.41, 5.74) is 4.01. The minimum Gasteiger partial charge on any atom is -0.379 e. The summed E-state index contributed by atoms with van der Waals surface area (Å²) in [6.45, 7) is 7.25. The smallest absolute Gasteiger partial charge is 0.239 e. The maximum Gasteiger partial charge on any atom is 0.239 e. The first-order valence-corrected chi connectivity index (χ1v) is 17.5. The number of aryl methyl sites for hydroxylation is 1. The van der Waals surface area contributed by atoms with E-state index in [-0.39, 0.29) is 18.2 Å². The number of fused-ring (bicyclic) bond motifs is 1. The molecule has 3 heterocycles. The maximum absolute atomic E-state index is 14.6. The number of carbonyl (C=O) groups excluding carboxylic acids is 2. The lowest BCUT2D eigenvalue weighted by Crippen LogP contribution is -2.48. The first-order valence-electron chi connectivity index (χ1n) is 15.5. The Morgan fingerprint density at radius 3 is 2.56 bits per heavy atom. The third kappa shape index (κ3) is 7.13. The number of rotatable bonds is 11. The third-order valence-corrected chi connectivity index (χ3v) is 11.0. The van der Waals surface area contributed by atoms with E-state index >= 15 is 0 Å². The Balaban J connectivity index is 1.39. The average Bonchev–Trinajstić information content (AvgIpc) is 3.58. The second-order valence-corrected chi connectivity index (χ2v) is 14.5. The molecule has 0 bridgehead atoms. The van der Waals surface area contributed by atoms with Crippen LogP contribution in [-0.4, -0.2) is 70.7 Å². The minimum atomic E-state index is -1.10. The van der Waals surface area contributed by atoms with Crippen LogP contribution in [0.25, 0.3) is 10.9 Å². The molecule has 2 aliphatic heterocycles. The lowest BCUT2D eigenvalue weighted by Gasteiger charge is -2.36. The van der Waals surface area contributed by atoms with Gasteiger partial charge in [-0.1, -0.05) is 64.8 Å². The highest BCUT2D eigenvalue weighted by molar-refractivity contribution is 9.10. The second kappa shape index (κ2) is 14.3. The van der Waals surface area contributed by atoms with E-state index in [0.717, 1.165) is 77.1 Å². The zero-order chi connectivity index (χ0) is 31.4. The predicted octanol–water partition coefficient (Wildman–Crippen LogP) is 6.99. The van der Waals surface area contributed by atoms with E-state index in [4.69, 9.17) is 16.3 Å².